The number of benzene rings is 1. The molecule has 2 atom stereocenters. The van der Waals surface area contributed by atoms with Gasteiger partial charge in [0, 0.05) is 11.8 Å². The maximum Gasteiger partial charge on any atom is 0.139 e. The average molecular weight is 188 g/mol. The summed E-state index contributed by atoms with van der Waals surface area (Å²) in [5, 5.41) is 0. The number of rotatable bonds is 3. The molecule has 2 rings (SSSR count). The third-order valence-electron chi connectivity index (χ3n) is 2.95. The molecule has 1 aromatic carbocycles. The first kappa shape index (κ1) is 9.45. The fourth-order valence-corrected chi connectivity index (χ4v) is 2.01. The van der Waals surface area contributed by atoms with Crippen molar-refractivity contribution in [1.29, 1.82) is 0 Å². The molecule has 0 radical (unpaired) electrons. The molecule has 14 heavy (non-hydrogen) atoms. The summed E-state index contributed by atoms with van der Waals surface area (Å²) in [6.45, 7) is 3.98. The molecule has 0 amide bonds. The van der Waals surface area contributed by atoms with Gasteiger partial charge in [0.1, 0.15) is 5.78 Å². The van der Waals surface area contributed by atoms with Crippen molar-refractivity contribution in [1.82, 2.24) is 0 Å². The zero-order valence-corrected chi connectivity index (χ0v) is 8.73. The van der Waals surface area contributed by atoms with Gasteiger partial charge in [0.05, 0.1) is 0 Å². The quantitative estimate of drug-likeness (QED) is 0.712. The summed E-state index contributed by atoms with van der Waals surface area (Å²) in [7, 11) is 0. The summed E-state index contributed by atoms with van der Waals surface area (Å²) in [5.74, 6) is 1.43. The molecule has 1 fully saturated rings. The average Bonchev–Trinajstić information content (AvgIpc) is 2.97. The number of hydrogen-bond acceptors (Lipinski definition) is 1. The standard InChI is InChI=1S/C13H16O/c1-9(2)13(14)12-8-11(12)10-6-4-3-5-7-10/h3-7,9,11-12H,8H2,1-2H3/t11-,12-/m1/s1. The summed E-state index contributed by atoms with van der Waals surface area (Å²) in [6.07, 6.45) is 1.06. The minimum absolute atomic E-state index is 0.189. The molecular weight excluding hydrogens is 172 g/mol. The number of Topliss-reactive ketones (excluding diaryl/α,β-unsaturated/α-hetero) is 1. The lowest BCUT2D eigenvalue weighted by molar-refractivity contribution is -0.123. The fourth-order valence-electron chi connectivity index (χ4n) is 2.01. The van der Waals surface area contributed by atoms with Crippen LogP contribution < -0.4 is 0 Å². The first-order valence-corrected chi connectivity index (χ1v) is 5.29. The molecule has 74 valence electrons. The fraction of sp³-hybridized carbons (Fsp3) is 0.462. The van der Waals surface area contributed by atoms with Crippen molar-refractivity contribution in [3.63, 3.8) is 0 Å². The molecule has 0 unspecified atom stereocenters. The zero-order chi connectivity index (χ0) is 10.1. The van der Waals surface area contributed by atoms with Crippen LogP contribution in [-0.4, -0.2) is 5.78 Å². The Bertz CT molecular complexity index is 326. The maximum absolute atomic E-state index is 11.7. The number of hydrogen-bond donors (Lipinski definition) is 0. The van der Waals surface area contributed by atoms with E-state index in [9.17, 15) is 4.79 Å². The van der Waals surface area contributed by atoms with Gasteiger partial charge in [0.2, 0.25) is 0 Å². The van der Waals surface area contributed by atoms with Gasteiger partial charge in [0.15, 0.2) is 0 Å². The van der Waals surface area contributed by atoms with Crippen LogP contribution in [0.15, 0.2) is 30.3 Å². The van der Waals surface area contributed by atoms with Crippen LogP contribution in [0, 0.1) is 11.8 Å². The molecule has 0 bridgehead atoms. The normalized spacial score (nSPS) is 25.1. The SMILES string of the molecule is CC(C)C(=O)[C@@H]1C[C@@H]1c1ccccc1. The third kappa shape index (κ3) is 1.72. The molecule has 0 aliphatic heterocycles. The highest BCUT2D eigenvalue weighted by atomic mass is 16.1. The molecule has 0 N–H and O–H groups in total. The Morgan fingerprint density at radius 1 is 1.29 bits per heavy atom. The van der Waals surface area contributed by atoms with E-state index in [-0.39, 0.29) is 5.92 Å². The Labute approximate surface area is 85.1 Å². The second kappa shape index (κ2) is 3.56. The van der Waals surface area contributed by atoms with E-state index in [4.69, 9.17) is 0 Å². The second-order valence-corrected chi connectivity index (χ2v) is 4.42. The van der Waals surface area contributed by atoms with Gasteiger partial charge in [-0.2, -0.15) is 0 Å². The minimum atomic E-state index is 0.189. The van der Waals surface area contributed by atoms with Crippen LogP contribution in [-0.2, 0) is 4.79 Å². The van der Waals surface area contributed by atoms with Crippen LogP contribution >= 0.6 is 0 Å². The van der Waals surface area contributed by atoms with E-state index < -0.39 is 0 Å². The molecule has 1 aliphatic carbocycles. The van der Waals surface area contributed by atoms with Gasteiger partial charge in [-0.15, -0.1) is 0 Å². The maximum atomic E-state index is 11.7. The Morgan fingerprint density at radius 3 is 2.50 bits per heavy atom. The van der Waals surface area contributed by atoms with Crippen molar-refractivity contribution in [2.24, 2.45) is 11.8 Å². The van der Waals surface area contributed by atoms with Gasteiger partial charge >= 0.3 is 0 Å². The highest BCUT2D eigenvalue weighted by molar-refractivity contribution is 5.86. The lowest BCUT2D eigenvalue weighted by atomic mass is 10.0. The molecule has 0 aromatic heterocycles. The number of carbonyl (C=O) groups excluding carboxylic acids is 1. The first-order chi connectivity index (χ1) is 6.70. The van der Waals surface area contributed by atoms with Crippen LogP contribution in [0.5, 0.6) is 0 Å². The molecule has 0 spiro atoms. The van der Waals surface area contributed by atoms with Crippen LogP contribution in [0.25, 0.3) is 0 Å². The van der Waals surface area contributed by atoms with E-state index in [1.165, 1.54) is 5.56 Å². The van der Waals surface area contributed by atoms with E-state index in [0.29, 0.717) is 17.6 Å². The second-order valence-electron chi connectivity index (χ2n) is 4.42. The molecule has 0 heterocycles. The molecular formula is C13H16O. The van der Waals surface area contributed by atoms with Crippen molar-refractivity contribution in [3.8, 4) is 0 Å². The van der Waals surface area contributed by atoms with Crippen LogP contribution in [0.3, 0.4) is 0 Å². The van der Waals surface area contributed by atoms with Gasteiger partial charge in [-0.1, -0.05) is 44.2 Å². The van der Waals surface area contributed by atoms with Crippen molar-refractivity contribution in [2.45, 2.75) is 26.2 Å². The topological polar surface area (TPSA) is 17.1 Å². The molecule has 1 aliphatic rings. The predicted molar refractivity (Wildman–Crippen MR) is 57.1 cm³/mol. The van der Waals surface area contributed by atoms with Crippen molar-refractivity contribution in [2.75, 3.05) is 0 Å². The lowest BCUT2D eigenvalue weighted by Crippen LogP contribution is -2.09. The Hall–Kier alpha value is -1.11. The summed E-state index contributed by atoms with van der Waals surface area (Å²) in [5.41, 5.74) is 1.33. The summed E-state index contributed by atoms with van der Waals surface area (Å²) >= 11 is 0. The molecule has 1 heteroatoms. The number of ketones is 1. The van der Waals surface area contributed by atoms with Gasteiger partial charge in [-0.3, -0.25) is 4.79 Å². The van der Waals surface area contributed by atoms with Crippen molar-refractivity contribution >= 4 is 5.78 Å². The zero-order valence-electron chi connectivity index (χ0n) is 8.73. The monoisotopic (exact) mass is 188 g/mol. The van der Waals surface area contributed by atoms with Crippen molar-refractivity contribution < 1.29 is 4.79 Å². The van der Waals surface area contributed by atoms with Gasteiger partial charge in [-0.25, -0.2) is 0 Å². The smallest absolute Gasteiger partial charge is 0.139 e. The highest BCUT2D eigenvalue weighted by Crippen LogP contribution is 2.48. The van der Waals surface area contributed by atoms with Crippen LogP contribution in [0.2, 0.25) is 0 Å². The Balaban J connectivity index is 2.03. The molecule has 1 nitrogen and oxygen atoms in total. The Morgan fingerprint density at radius 2 is 1.93 bits per heavy atom. The molecule has 1 saturated carbocycles. The minimum Gasteiger partial charge on any atom is -0.299 e. The van der Waals surface area contributed by atoms with E-state index in [1.807, 2.05) is 32.0 Å². The largest absolute Gasteiger partial charge is 0.299 e. The van der Waals surface area contributed by atoms with Crippen molar-refractivity contribution in [3.05, 3.63) is 35.9 Å². The van der Waals surface area contributed by atoms with E-state index in [2.05, 4.69) is 12.1 Å². The highest BCUT2D eigenvalue weighted by Gasteiger charge is 2.43. The van der Waals surface area contributed by atoms with Crippen LogP contribution in [0.4, 0.5) is 0 Å². The number of carbonyl (C=O) groups is 1. The van der Waals surface area contributed by atoms with E-state index >= 15 is 0 Å². The predicted octanol–water partition coefficient (Wildman–Crippen LogP) is 3.02. The summed E-state index contributed by atoms with van der Waals surface area (Å²) in [6, 6.07) is 10.4. The van der Waals surface area contributed by atoms with Gasteiger partial charge in [-0.05, 0) is 17.9 Å². The lowest BCUT2D eigenvalue weighted by Gasteiger charge is -2.02. The summed E-state index contributed by atoms with van der Waals surface area (Å²) in [4.78, 5) is 11.7. The molecule has 1 aromatic rings. The van der Waals surface area contributed by atoms with Gasteiger partial charge in [0.25, 0.3) is 0 Å². The molecule has 0 saturated heterocycles. The van der Waals surface area contributed by atoms with E-state index in [0.717, 1.165) is 6.42 Å². The van der Waals surface area contributed by atoms with E-state index in [1.54, 1.807) is 0 Å². The van der Waals surface area contributed by atoms with Gasteiger partial charge < -0.3 is 0 Å². The first-order valence-electron chi connectivity index (χ1n) is 5.29. The van der Waals surface area contributed by atoms with Crippen LogP contribution in [0.1, 0.15) is 31.7 Å². The third-order valence-corrected chi connectivity index (χ3v) is 2.95. The Kier molecular flexibility index (Phi) is 2.40. The summed E-state index contributed by atoms with van der Waals surface area (Å²) < 4.78 is 0.